The van der Waals surface area contributed by atoms with Gasteiger partial charge >= 0.3 is 11.9 Å². The number of carbonyl (C=O) groups excluding carboxylic acids is 2. The Morgan fingerprint density at radius 1 is 1.04 bits per heavy atom. The standard InChI is InChI=1S/C21H25NO6/c1-25-15-8-6-14(7-9-15)19-17(20(23)26-2)12-22(11-16-5-4-10-28-16)13-18(19)21(24)27-3/h6-9,12-13,16,19H,4-5,10-11H2,1-3H3/t16-/m0/s1. The van der Waals surface area contributed by atoms with E-state index in [4.69, 9.17) is 18.9 Å². The van der Waals surface area contributed by atoms with Crippen molar-refractivity contribution in [2.24, 2.45) is 0 Å². The number of benzene rings is 1. The Kier molecular flexibility index (Phi) is 6.36. The molecule has 7 heteroatoms. The molecule has 0 aromatic heterocycles. The lowest BCUT2D eigenvalue weighted by Crippen LogP contribution is -2.32. The van der Waals surface area contributed by atoms with Crippen LogP contribution < -0.4 is 4.74 Å². The van der Waals surface area contributed by atoms with Gasteiger partial charge in [-0.15, -0.1) is 0 Å². The fourth-order valence-corrected chi connectivity index (χ4v) is 3.57. The van der Waals surface area contributed by atoms with Crippen LogP contribution in [0.2, 0.25) is 0 Å². The minimum atomic E-state index is -0.591. The number of rotatable bonds is 6. The quantitative estimate of drug-likeness (QED) is 0.694. The summed E-state index contributed by atoms with van der Waals surface area (Å²) in [6.07, 6.45) is 5.47. The van der Waals surface area contributed by atoms with Crippen molar-refractivity contribution >= 4 is 11.9 Å². The summed E-state index contributed by atoms with van der Waals surface area (Å²) in [7, 11) is 4.24. The average molecular weight is 387 g/mol. The molecule has 0 N–H and O–H groups in total. The third kappa shape index (κ3) is 4.20. The van der Waals surface area contributed by atoms with Crippen molar-refractivity contribution in [1.29, 1.82) is 0 Å². The van der Waals surface area contributed by atoms with E-state index in [-0.39, 0.29) is 6.10 Å². The van der Waals surface area contributed by atoms with Crippen LogP contribution in [-0.4, -0.2) is 57.4 Å². The van der Waals surface area contributed by atoms with Crippen molar-refractivity contribution in [3.05, 3.63) is 53.4 Å². The Morgan fingerprint density at radius 3 is 2.11 bits per heavy atom. The molecular formula is C21H25NO6. The maximum Gasteiger partial charge on any atom is 0.336 e. The van der Waals surface area contributed by atoms with Gasteiger partial charge in [0.15, 0.2) is 0 Å². The van der Waals surface area contributed by atoms with Crippen molar-refractivity contribution in [3.63, 3.8) is 0 Å². The van der Waals surface area contributed by atoms with Crippen LogP contribution in [-0.2, 0) is 23.8 Å². The van der Waals surface area contributed by atoms with Crippen LogP contribution in [0.5, 0.6) is 5.75 Å². The fourth-order valence-electron chi connectivity index (χ4n) is 3.57. The van der Waals surface area contributed by atoms with Gasteiger partial charge in [0.2, 0.25) is 0 Å². The average Bonchev–Trinajstić information content (AvgIpc) is 3.25. The first-order valence-electron chi connectivity index (χ1n) is 9.18. The van der Waals surface area contributed by atoms with E-state index >= 15 is 0 Å². The van der Waals surface area contributed by atoms with E-state index in [0.717, 1.165) is 25.0 Å². The molecule has 1 aromatic carbocycles. The molecule has 28 heavy (non-hydrogen) atoms. The molecule has 150 valence electrons. The van der Waals surface area contributed by atoms with Crippen molar-refractivity contribution in [1.82, 2.24) is 4.90 Å². The molecular weight excluding hydrogens is 362 g/mol. The molecule has 3 rings (SSSR count). The molecule has 2 heterocycles. The lowest BCUT2D eigenvalue weighted by Gasteiger charge is -2.31. The van der Waals surface area contributed by atoms with Crippen LogP contribution in [0.1, 0.15) is 24.3 Å². The Morgan fingerprint density at radius 2 is 1.64 bits per heavy atom. The topological polar surface area (TPSA) is 74.3 Å². The molecule has 0 spiro atoms. The summed E-state index contributed by atoms with van der Waals surface area (Å²) in [5.74, 6) is -0.890. The molecule has 0 unspecified atom stereocenters. The SMILES string of the molecule is COC(=O)C1=CN(C[C@@H]2CCCO2)C=C(C(=O)OC)C1c1ccc(OC)cc1. The van der Waals surface area contributed by atoms with E-state index in [2.05, 4.69) is 0 Å². The van der Waals surface area contributed by atoms with E-state index in [0.29, 0.717) is 23.4 Å². The normalized spacial score (nSPS) is 19.7. The van der Waals surface area contributed by atoms with Crippen LogP contribution in [0.3, 0.4) is 0 Å². The van der Waals surface area contributed by atoms with E-state index in [1.54, 1.807) is 31.6 Å². The van der Waals surface area contributed by atoms with Gasteiger partial charge in [-0.3, -0.25) is 0 Å². The van der Waals surface area contributed by atoms with Gasteiger partial charge in [0.25, 0.3) is 0 Å². The Bertz CT molecular complexity index is 743. The first kappa shape index (κ1) is 19.9. The van der Waals surface area contributed by atoms with Gasteiger partial charge in [-0.05, 0) is 30.5 Å². The summed E-state index contributed by atoms with van der Waals surface area (Å²) in [5.41, 5.74) is 1.51. The molecule has 0 aliphatic carbocycles. The zero-order valence-electron chi connectivity index (χ0n) is 16.3. The van der Waals surface area contributed by atoms with Gasteiger partial charge < -0.3 is 23.8 Å². The second-order valence-electron chi connectivity index (χ2n) is 6.69. The summed E-state index contributed by atoms with van der Waals surface area (Å²) in [5, 5.41) is 0. The molecule has 1 aromatic rings. The molecule has 7 nitrogen and oxygen atoms in total. The van der Waals surface area contributed by atoms with Crippen LogP contribution in [0, 0.1) is 0 Å². The third-order valence-electron chi connectivity index (χ3n) is 4.96. The summed E-state index contributed by atoms with van der Waals surface area (Å²) >= 11 is 0. The second-order valence-corrected chi connectivity index (χ2v) is 6.69. The van der Waals surface area contributed by atoms with E-state index in [9.17, 15) is 9.59 Å². The number of carbonyl (C=O) groups is 2. The van der Waals surface area contributed by atoms with Crippen molar-refractivity contribution in [2.45, 2.75) is 24.9 Å². The van der Waals surface area contributed by atoms with E-state index in [1.165, 1.54) is 14.2 Å². The third-order valence-corrected chi connectivity index (χ3v) is 4.96. The van der Waals surface area contributed by atoms with E-state index in [1.807, 2.05) is 17.0 Å². The molecule has 0 amide bonds. The lowest BCUT2D eigenvalue weighted by molar-refractivity contribution is -0.137. The maximum atomic E-state index is 12.6. The molecule has 0 bridgehead atoms. The Hall–Kier alpha value is -2.80. The molecule has 2 aliphatic rings. The smallest absolute Gasteiger partial charge is 0.336 e. The number of nitrogens with zero attached hydrogens (tertiary/aromatic N) is 1. The highest BCUT2D eigenvalue weighted by Gasteiger charge is 2.35. The van der Waals surface area contributed by atoms with Crippen LogP contribution in [0.15, 0.2) is 47.8 Å². The first-order chi connectivity index (χ1) is 13.6. The van der Waals surface area contributed by atoms with Gasteiger partial charge in [0.05, 0.1) is 44.5 Å². The lowest BCUT2D eigenvalue weighted by atomic mass is 9.83. The highest BCUT2D eigenvalue weighted by atomic mass is 16.5. The van der Waals surface area contributed by atoms with Crippen molar-refractivity contribution < 1.29 is 28.5 Å². The predicted octanol–water partition coefficient (Wildman–Crippen LogP) is 2.39. The molecule has 2 aliphatic heterocycles. The zero-order valence-corrected chi connectivity index (χ0v) is 16.3. The molecule has 1 atom stereocenters. The Labute approximate surface area is 164 Å². The van der Waals surface area contributed by atoms with Crippen LogP contribution >= 0.6 is 0 Å². The minimum absolute atomic E-state index is 0.0582. The first-order valence-corrected chi connectivity index (χ1v) is 9.18. The number of hydrogen-bond acceptors (Lipinski definition) is 7. The monoisotopic (exact) mass is 387 g/mol. The number of esters is 2. The Balaban J connectivity index is 2.00. The predicted molar refractivity (Wildman–Crippen MR) is 102 cm³/mol. The van der Waals surface area contributed by atoms with Gasteiger partial charge in [-0.25, -0.2) is 9.59 Å². The highest BCUT2D eigenvalue weighted by Crippen LogP contribution is 2.37. The maximum absolute atomic E-state index is 12.6. The summed E-state index contributed by atoms with van der Waals surface area (Å²) < 4.78 is 20.9. The number of ether oxygens (including phenoxy) is 4. The van der Waals surface area contributed by atoms with Gasteiger partial charge in [0, 0.05) is 25.6 Å². The zero-order chi connectivity index (χ0) is 20.1. The number of methoxy groups -OCH3 is 3. The van der Waals surface area contributed by atoms with Gasteiger partial charge in [0.1, 0.15) is 5.75 Å². The summed E-state index contributed by atoms with van der Waals surface area (Å²) in [6.45, 7) is 1.28. The summed E-state index contributed by atoms with van der Waals surface area (Å²) in [4.78, 5) is 26.9. The molecule has 0 radical (unpaired) electrons. The second kappa shape index (κ2) is 8.93. The largest absolute Gasteiger partial charge is 0.497 e. The summed E-state index contributed by atoms with van der Waals surface area (Å²) in [6, 6.07) is 7.23. The molecule has 1 fully saturated rings. The van der Waals surface area contributed by atoms with E-state index < -0.39 is 17.9 Å². The highest BCUT2D eigenvalue weighted by molar-refractivity contribution is 5.98. The molecule has 1 saturated heterocycles. The fraction of sp³-hybridized carbons (Fsp3) is 0.429. The van der Waals surface area contributed by atoms with Crippen LogP contribution in [0.25, 0.3) is 0 Å². The van der Waals surface area contributed by atoms with Gasteiger partial charge in [-0.2, -0.15) is 0 Å². The van der Waals surface area contributed by atoms with Crippen molar-refractivity contribution in [2.75, 3.05) is 34.5 Å². The number of hydrogen-bond donors (Lipinski definition) is 0. The van der Waals surface area contributed by atoms with Gasteiger partial charge in [-0.1, -0.05) is 12.1 Å². The molecule has 0 saturated carbocycles. The van der Waals surface area contributed by atoms with Crippen molar-refractivity contribution in [3.8, 4) is 5.75 Å². The van der Waals surface area contributed by atoms with Crippen LogP contribution in [0.4, 0.5) is 0 Å². The minimum Gasteiger partial charge on any atom is -0.497 e.